The van der Waals surface area contributed by atoms with E-state index in [0.29, 0.717) is 24.6 Å². The third-order valence-corrected chi connectivity index (χ3v) is 3.79. The van der Waals surface area contributed by atoms with Crippen LogP contribution in [0.2, 0.25) is 0 Å². The summed E-state index contributed by atoms with van der Waals surface area (Å²) >= 11 is 0. The van der Waals surface area contributed by atoms with Crippen molar-refractivity contribution >= 4 is 11.9 Å². The van der Waals surface area contributed by atoms with E-state index in [9.17, 15) is 9.59 Å². The Morgan fingerprint density at radius 1 is 1.41 bits per heavy atom. The first-order valence-corrected chi connectivity index (χ1v) is 7.62. The summed E-state index contributed by atoms with van der Waals surface area (Å²) in [5.74, 6) is 0.0685. The first-order chi connectivity index (χ1) is 10.7. The minimum atomic E-state index is -0.250. The molecule has 2 rings (SSSR count). The maximum atomic E-state index is 12.7. The molecule has 6 heteroatoms. The van der Waals surface area contributed by atoms with Gasteiger partial charge in [-0.1, -0.05) is 0 Å². The highest BCUT2D eigenvalue weighted by molar-refractivity contribution is 5.95. The summed E-state index contributed by atoms with van der Waals surface area (Å²) in [6.45, 7) is 2.81. The van der Waals surface area contributed by atoms with Crippen LogP contribution in [0, 0.1) is 0 Å². The average molecular weight is 306 g/mol. The topological polar surface area (TPSA) is 68.7 Å². The highest BCUT2D eigenvalue weighted by atomic mass is 16.5. The van der Waals surface area contributed by atoms with E-state index in [-0.39, 0.29) is 24.3 Å². The summed E-state index contributed by atoms with van der Waals surface area (Å²) in [5.41, 5.74) is 0.530. The van der Waals surface area contributed by atoms with E-state index in [2.05, 4.69) is 4.98 Å². The zero-order valence-corrected chi connectivity index (χ0v) is 13.1. The van der Waals surface area contributed by atoms with Crippen LogP contribution < -0.4 is 4.74 Å². The third-order valence-electron chi connectivity index (χ3n) is 3.79. The molecule has 2 heterocycles. The minimum absolute atomic E-state index is 0.0882. The lowest BCUT2D eigenvalue weighted by atomic mass is 9.98. The molecule has 1 aliphatic heterocycles. The van der Waals surface area contributed by atoms with Crippen molar-refractivity contribution in [3.8, 4) is 5.88 Å². The van der Waals surface area contributed by atoms with Crippen LogP contribution in [0.15, 0.2) is 18.3 Å². The SMILES string of the molecule is CCOC(=O)CC1CCCCN1C(=O)c1ccnc(OC)c1. The lowest BCUT2D eigenvalue weighted by Gasteiger charge is -2.35. The van der Waals surface area contributed by atoms with E-state index >= 15 is 0 Å². The molecule has 1 amide bonds. The molecule has 0 radical (unpaired) electrons. The van der Waals surface area contributed by atoms with Gasteiger partial charge < -0.3 is 14.4 Å². The van der Waals surface area contributed by atoms with Crippen LogP contribution in [0.1, 0.15) is 43.0 Å². The van der Waals surface area contributed by atoms with Gasteiger partial charge in [0.15, 0.2) is 0 Å². The molecule has 1 aromatic heterocycles. The highest BCUT2D eigenvalue weighted by Crippen LogP contribution is 2.23. The van der Waals surface area contributed by atoms with Gasteiger partial charge in [-0.05, 0) is 32.3 Å². The Labute approximate surface area is 130 Å². The fourth-order valence-corrected chi connectivity index (χ4v) is 2.71. The fourth-order valence-electron chi connectivity index (χ4n) is 2.71. The lowest BCUT2D eigenvalue weighted by Crippen LogP contribution is -2.45. The molecular formula is C16H22N2O4. The lowest BCUT2D eigenvalue weighted by molar-refractivity contribution is -0.144. The Balaban J connectivity index is 2.12. The molecule has 1 atom stereocenters. The van der Waals surface area contributed by atoms with E-state index in [1.807, 2.05) is 0 Å². The maximum Gasteiger partial charge on any atom is 0.307 e. The average Bonchev–Trinajstić information content (AvgIpc) is 2.55. The van der Waals surface area contributed by atoms with Gasteiger partial charge in [-0.25, -0.2) is 4.98 Å². The molecule has 120 valence electrons. The summed E-state index contributed by atoms with van der Waals surface area (Å²) in [5, 5.41) is 0. The molecule has 0 aromatic carbocycles. The van der Waals surface area contributed by atoms with E-state index in [0.717, 1.165) is 19.3 Å². The monoisotopic (exact) mass is 306 g/mol. The molecule has 6 nitrogen and oxygen atoms in total. The van der Waals surface area contributed by atoms with Crippen LogP contribution in [0.25, 0.3) is 0 Å². The van der Waals surface area contributed by atoms with Gasteiger partial charge in [0.05, 0.1) is 20.1 Å². The van der Waals surface area contributed by atoms with Crippen LogP contribution in [0.5, 0.6) is 5.88 Å². The summed E-state index contributed by atoms with van der Waals surface area (Å²) in [6, 6.07) is 3.19. The van der Waals surface area contributed by atoms with Gasteiger partial charge in [0.1, 0.15) is 0 Å². The number of nitrogens with zero attached hydrogens (tertiary/aromatic N) is 2. The quantitative estimate of drug-likeness (QED) is 0.779. The second kappa shape index (κ2) is 7.77. The van der Waals surface area contributed by atoms with Crippen molar-refractivity contribution in [2.24, 2.45) is 0 Å². The molecule has 0 spiro atoms. The van der Waals surface area contributed by atoms with Gasteiger partial charge in [0.25, 0.3) is 5.91 Å². The van der Waals surface area contributed by atoms with E-state index < -0.39 is 0 Å². The molecule has 1 fully saturated rings. The molecule has 1 aliphatic rings. The number of hydrogen-bond acceptors (Lipinski definition) is 5. The Kier molecular flexibility index (Phi) is 5.75. The predicted octanol–water partition coefficient (Wildman–Crippen LogP) is 2.04. The summed E-state index contributed by atoms with van der Waals surface area (Å²) < 4.78 is 10.1. The smallest absolute Gasteiger partial charge is 0.307 e. The molecule has 1 aromatic rings. The normalized spacial score (nSPS) is 17.9. The number of ether oxygens (including phenoxy) is 2. The summed E-state index contributed by atoms with van der Waals surface area (Å²) in [4.78, 5) is 30.2. The second-order valence-electron chi connectivity index (χ2n) is 5.24. The number of esters is 1. The zero-order chi connectivity index (χ0) is 15.9. The van der Waals surface area contributed by atoms with Crippen LogP contribution in [-0.2, 0) is 9.53 Å². The van der Waals surface area contributed by atoms with Crippen LogP contribution in [0.4, 0.5) is 0 Å². The first-order valence-electron chi connectivity index (χ1n) is 7.62. The molecule has 0 saturated carbocycles. The van der Waals surface area contributed by atoms with Gasteiger partial charge in [0.2, 0.25) is 5.88 Å². The van der Waals surface area contributed by atoms with Gasteiger partial charge in [0, 0.05) is 30.4 Å². The van der Waals surface area contributed by atoms with Gasteiger partial charge in [-0.2, -0.15) is 0 Å². The van der Waals surface area contributed by atoms with Gasteiger partial charge in [-0.3, -0.25) is 9.59 Å². The Morgan fingerprint density at radius 3 is 2.95 bits per heavy atom. The largest absolute Gasteiger partial charge is 0.481 e. The van der Waals surface area contributed by atoms with E-state index in [1.54, 1.807) is 30.2 Å². The number of methoxy groups -OCH3 is 1. The third kappa shape index (κ3) is 3.96. The van der Waals surface area contributed by atoms with Crippen LogP contribution >= 0.6 is 0 Å². The number of carbonyl (C=O) groups excluding carboxylic acids is 2. The van der Waals surface area contributed by atoms with Crippen LogP contribution in [0.3, 0.4) is 0 Å². The second-order valence-corrected chi connectivity index (χ2v) is 5.24. The van der Waals surface area contributed by atoms with Crippen molar-refractivity contribution in [3.05, 3.63) is 23.9 Å². The van der Waals surface area contributed by atoms with E-state index in [1.165, 1.54) is 7.11 Å². The van der Waals surface area contributed by atoms with Gasteiger partial charge >= 0.3 is 5.97 Å². The maximum absolute atomic E-state index is 12.7. The Hall–Kier alpha value is -2.11. The standard InChI is InChI=1S/C16H22N2O4/c1-3-22-15(19)11-13-6-4-5-9-18(13)16(20)12-7-8-17-14(10-12)21-2/h7-8,10,13H,3-6,9,11H2,1-2H3. The van der Waals surface area contributed by atoms with Crippen molar-refractivity contribution in [2.75, 3.05) is 20.3 Å². The van der Waals surface area contributed by atoms with Crippen LogP contribution in [-0.4, -0.2) is 48.1 Å². The number of piperidine rings is 1. The van der Waals surface area contributed by atoms with Crippen molar-refractivity contribution < 1.29 is 19.1 Å². The highest BCUT2D eigenvalue weighted by Gasteiger charge is 2.29. The number of aromatic nitrogens is 1. The van der Waals surface area contributed by atoms with E-state index in [4.69, 9.17) is 9.47 Å². The molecule has 0 bridgehead atoms. The summed E-state index contributed by atoms with van der Waals surface area (Å²) in [7, 11) is 1.51. The van der Waals surface area contributed by atoms with Crippen molar-refractivity contribution in [1.29, 1.82) is 0 Å². The number of amides is 1. The number of rotatable bonds is 5. The van der Waals surface area contributed by atoms with Crippen molar-refractivity contribution in [2.45, 2.75) is 38.6 Å². The molecule has 1 unspecified atom stereocenters. The Bertz CT molecular complexity index is 533. The van der Waals surface area contributed by atoms with Gasteiger partial charge in [-0.15, -0.1) is 0 Å². The summed E-state index contributed by atoms with van der Waals surface area (Å²) in [6.07, 6.45) is 4.60. The molecule has 0 aliphatic carbocycles. The molecule has 0 N–H and O–H groups in total. The number of hydrogen-bond donors (Lipinski definition) is 0. The first kappa shape index (κ1) is 16.3. The minimum Gasteiger partial charge on any atom is -0.481 e. The number of likely N-dealkylation sites (tertiary alicyclic amines) is 1. The number of carbonyl (C=O) groups is 2. The van der Waals surface area contributed by atoms with Crippen molar-refractivity contribution in [3.63, 3.8) is 0 Å². The number of pyridine rings is 1. The molecular weight excluding hydrogens is 284 g/mol. The fraction of sp³-hybridized carbons (Fsp3) is 0.562. The predicted molar refractivity (Wildman–Crippen MR) is 80.7 cm³/mol. The molecule has 22 heavy (non-hydrogen) atoms. The zero-order valence-electron chi connectivity index (χ0n) is 13.1. The Morgan fingerprint density at radius 2 is 2.23 bits per heavy atom. The van der Waals surface area contributed by atoms with Crippen molar-refractivity contribution in [1.82, 2.24) is 9.88 Å². The molecule has 1 saturated heterocycles.